The van der Waals surface area contributed by atoms with Gasteiger partial charge in [0.05, 0.1) is 24.4 Å². The molecule has 2 aromatic carbocycles. The monoisotopic (exact) mass is 430 g/mol. The first-order chi connectivity index (χ1) is 15.7. The number of hydrogen-bond donors (Lipinski definition) is 1. The molecule has 5 rings (SSSR count). The van der Waals surface area contributed by atoms with Crippen LogP contribution >= 0.6 is 0 Å². The molecule has 0 amide bonds. The number of aliphatic hydroxyl groups is 1. The van der Waals surface area contributed by atoms with Crippen molar-refractivity contribution in [2.45, 2.75) is 44.8 Å². The summed E-state index contributed by atoms with van der Waals surface area (Å²) in [7, 11) is 0. The minimum absolute atomic E-state index is 0.0134. The summed E-state index contributed by atoms with van der Waals surface area (Å²) in [5.74, 6) is 0.422. The standard InChI is InChI=1S/C24H26N6O2/c1-25-19-5-7-21-22(15-19)30(28-26-21)11-3-2-10-29-12-8-18(9-13-29)24-20-6-4-17(16-31)14-23(20)32-27-24/h4-7,14-15,18,31H,2-3,8-13,16H2. The van der Waals surface area contributed by atoms with Gasteiger partial charge in [0.1, 0.15) is 5.52 Å². The number of aliphatic hydroxyl groups excluding tert-OH is 1. The van der Waals surface area contributed by atoms with Gasteiger partial charge in [0, 0.05) is 17.8 Å². The average molecular weight is 431 g/mol. The topological polar surface area (TPSA) is 84.6 Å². The van der Waals surface area contributed by atoms with Crippen molar-refractivity contribution in [2.75, 3.05) is 19.6 Å². The maximum atomic E-state index is 9.31. The highest BCUT2D eigenvalue weighted by Crippen LogP contribution is 2.33. The van der Waals surface area contributed by atoms with Gasteiger partial charge in [0.15, 0.2) is 11.3 Å². The Balaban J connectivity index is 1.11. The molecule has 4 aromatic rings. The van der Waals surface area contributed by atoms with Crippen molar-refractivity contribution in [1.29, 1.82) is 0 Å². The van der Waals surface area contributed by atoms with Gasteiger partial charge < -0.3 is 14.5 Å². The summed E-state index contributed by atoms with van der Waals surface area (Å²) in [5.41, 5.74) is 5.07. The minimum atomic E-state index is 0.0134. The Bertz CT molecular complexity index is 1260. The van der Waals surface area contributed by atoms with E-state index in [1.165, 1.54) is 0 Å². The van der Waals surface area contributed by atoms with Crippen molar-refractivity contribution in [2.24, 2.45) is 0 Å². The summed E-state index contributed by atoms with van der Waals surface area (Å²) in [4.78, 5) is 6.03. The molecule has 8 heteroatoms. The SMILES string of the molecule is [C-]#[N+]c1ccc2nnn(CCCCN3CCC(c4noc5cc(CO)ccc45)CC3)c2c1. The van der Waals surface area contributed by atoms with Crippen LogP contribution in [0.4, 0.5) is 5.69 Å². The first-order valence-electron chi connectivity index (χ1n) is 11.2. The Hall–Kier alpha value is -3.28. The molecule has 0 atom stereocenters. The van der Waals surface area contributed by atoms with Crippen LogP contribution < -0.4 is 0 Å². The lowest BCUT2D eigenvalue weighted by Crippen LogP contribution is -2.33. The van der Waals surface area contributed by atoms with E-state index in [4.69, 9.17) is 11.1 Å². The third-order valence-corrected chi connectivity index (χ3v) is 6.44. The molecular weight excluding hydrogens is 404 g/mol. The highest BCUT2D eigenvalue weighted by Gasteiger charge is 2.24. The zero-order valence-corrected chi connectivity index (χ0v) is 17.9. The molecule has 0 unspecified atom stereocenters. The molecule has 0 radical (unpaired) electrons. The maximum Gasteiger partial charge on any atom is 0.189 e. The lowest BCUT2D eigenvalue weighted by Gasteiger charge is -2.31. The number of fused-ring (bicyclic) bond motifs is 2. The van der Waals surface area contributed by atoms with Crippen LogP contribution in [0.2, 0.25) is 0 Å². The van der Waals surface area contributed by atoms with Crippen molar-refractivity contribution in [3.05, 3.63) is 59.1 Å². The predicted molar refractivity (Wildman–Crippen MR) is 121 cm³/mol. The Labute approximate surface area is 186 Å². The van der Waals surface area contributed by atoms with E-state index in [1.54, 1.807) is 6.07 Å². The number of hydrogen-bond acceptors (Lipinski definition) is 6. The van der Waals surface area contributed by atoms with Gasteiger partial charge in [-0.1, -0.05) is 22.5 Å². The fraction of sp³-hybridized carbons (Fsp3) is 0.417. The molecular formula is C24H26N6O2. The van der Waals surface area contributed by atoms with E-state index in [1.807, 2.05) is 35.0 Å². The van der Waals surface area contributed by atoms with Crippen molar-refractivity contribution in [1.82, 2.24) is 25.1 Å². The second-order valence-electron chi connectivity index (χ2n) is 8.48. The summed E-state index contributed by atoms with van der Waals surface area (Å²) < 4.78 is 7.44. The molecule has 164 valence electrons. The van der Waals surface area contributed by atoms with E-state index in [9.17, 15) is 5.11 Å². The van der Waals surface area contributed by atoms with E-state index in [-0.39, 0.29) is 6.61 Å². The second-order valence-corrected chi connectivity index (χ2v) is 8.48. The maximum absolute atomic E-state index is 9.31. The minimum Gasteiger partial charge on any atom is -0.392 e. The van der Waals surface area contributed by atoms with Crippen molar-refractivity contribution in [3.8, 4) is 0 Å². The molecule has 3 heterocycles. The summed E-state index contributed by atoms with van der Waals surface area (Å²) in [5, 5.41) is 23.2. The lowest BCUT2D eigenvalue weighted by atomic mass is 9.91. The quantitative estimate of drug-likeness (QED) is 0.348. The number of piperidine rings is 1. The Morgan fingerprint density at radius 2 is 1.94 bits per heavy atom. The van der Waals surface area contributed by atoms with Crippen LogP contribution in [0.15, 0.2) is 40.9 Å². The number of nitrogens with zero attached hydrogens (tertiary/aromatic N) is 6. The van der Waals surface area contributed by atoms with Gasteiger partial charge in [-0.15, -0.1) is 5.10 Å². The zero-order chi connectivity index (χ0) is 21.9. The van der Waals surface area contributed by atoms with E-state index in [0.29, 0.717) is 11.6 Å². The molecule has 1 aliphatic heterocycles. The fourth-order valence-electron chi connectivity index (χ4n) is 4.61. The molecule has 8 nitrogen and oxygen atoms in total. The smallest absolute Gasteiger partial charge is 0.189 e. The molecule has 1 aliphatic rings. The molecule has 2 aromatic heterocycles. The Kier molecular flexibility index (Phi) is 5.84. The van der Waals surface area contributed by atoms with Gasteiger partial charge in [-0.05, 0) is 75.1 Å². The van der Waals surface area contributed by atoms with E-state index in [0.717, 1.165) is 85.1 Å². The first-order valence-corrected chi connectivity index (χ1v) is 11.2. The zero-order valence-electron chi connectivity index (χ0n) is 17.9. The highest BCUT2D eigenvalue weighted by molar-refractivity contribution is 5.80. The summed E-state index contributed by atoms with van der Waals surface area (Å²) in [6.07, 6.45) is 4.29. The van der Waals surface area contributed by atoms with Crippen LogP contribution in [0.1, 0.15) is 42.9 Å². The normalized spacial score (nSPS) is 15.5. The van der Waals surface area contributed by atoms with Crippen LogP contribution in [-0.4, -0.2) is 49.8 Å². The number of aromatic nitrogens is 4. The predicted octanol–water partition coefficient (Wildman–Crippen LogP) is 4.28. The average Bonchev–Trinajstić information content (AvgIpc) is 3.45. The van der Waals surface area contributed by atoms with Crippen LogP contribution in [0.5, 0.6) is 0 Å². The molecule has 32 heavy (non-hydrogen) atoms. The van der Waals surface area contributed by atoms with E-state index < -0.39 is 0 Å². The molecule has 1 saturated heterocycles. The number of likely N-dealkylation sites (tertiary alicyclic amines) is 1. The van der Waals surface area contributed by atoms with Crippen LogP contribution in [0.25, 0.3) is 26.8 Å². The van der Waals surface area contributed by atoms with Crippen molar-refractivity contribution in [3.63, 3.8) is 0 Å². The largest absolute Gasteiger partial charge is 0.392 e. The number of rotatable bonds is 7. The van der Waals surface area contributed by atoms with Crippen molar-refractivity contribution >= 4 is 27.7 Å². The Morgan fingerprint density at radius 3 is 2.75 bits per heavy atom. The molecule has 1 N–H and O–H groups in total. The fourth-order valence-corrected chi connectivity index (χ4v) is 4.61. The third kappa shape index (κ3) is 4.09. The highest BCUT2D eigenvalue weighted by atomic mass is 16.5. The second kappa shape index (κ2) is 9.07. The van der Waals surface area contributed by atoms with Crippen LogP contribution in [0.3, 0.4) is 0 Å². The van der Waals surface area contributed by atoms with Gasteiger partial charge in [-0.25, -0.2) is 9.53 Å². The van der Waals surface area contributed by atoms with E-state index in [2.05, 4.69) is 25.2 Å². The Morgan fingerprint density at radius 1 is 1.09 bits per heavy atom. The number of aryl methyl sites for hydroxylation is 1. The summed E-state index contributed by atoms with van der Waals surface area (Å²) >= 11 is 0. The van der Waals surface area contributed by atoms with Gasteiger partial charge in [-0.2, -0.15) is 0 Å². The van der Waals surface area contributed by atoms with Gasteiger partial charge >= 0.3 is 0 Å². The first kappa shape index (κ1) is 20.6. The number of benzene rings is 2. The summed E-state index contributed by atoms with van der Waals surface area (Å²) in [6.45, 7) is 11.2. The molecule has 0 saturated carbocycles. The van der Waals surface area contributed by atoms with Gasteiger partial charge in [-0.3, -0.25) is 0 Å². The number of unbranched alkanes of at least 4 members (excludes halogenated alkanes) is 1. The summed E-state index contributed by atoms with van der Waals surface area (Å²) in [6, 6.07) is 11.4. The van der Waals surface area contributed by atoms with Crippen LogP contribution in [-0.2, 0) is 13.2 Å². The van der Waals surface area contributed by atoms with Crippen molar-refractivity contribution < 1.29 is 9.63 Å². The molecule has 1 fully saturated rings. The van der Waals surface area contributed by atoms with Gasteiger partial charge in [0.2, 0.25) is 0 Å². The molecule has 0 aliphatic carbocycles. The molecule has 0 spiro atoms. The van der Waals surface area contributed by atoms with Gasteiger partial charge in [0.25, 0.3) is 0 Å². The third-order valence-electron chi connectivity index (χ3n) is 6.44. The molecule has 0 bridgehead atoms. The van der Waals surface area contributed by atoms with Crippen LogP contribution in [0, 0.1) is 6.57 Å². The lowest BCUT2D eigenvalue weighted by molar-refractivity contribution is 0.204. The van der Waals surface area contributed by atoms with E-state index >= 15 is 0 Å².